The second-order valence-electron chi connectivity index (χ2n) is 7.02. The third-order valence-corrected chi connectivity index (χ3v) is 4.93. The summed E-state index contributed by atoms with van der Waals surface area (Å²) in [5, 5.41) is 0.452. The van der Waals surface area contributed by atoms with Gasteiger partial charge in [0.2, 0.25) is 5.91 Å². The van der Waals surface area contributed by atoms with Crippen molar-refractivity contribution >= 4 is 28.3 Å². The highest BCUT2D eigenvalue weighted by atomic mass is 32.3. The molecule has 1 rings (SSSR count). The smallest absolute Gasteiger partial charge is 0.421 e. The van der Waals surface area contributed by atoms with Crippen LogP contribution in [0.4, 0.5) is 4.79 Å². The standard InChI is InChI=1S/C16H27N3O8S/c1-5-25-14(21)16(3,4)9-26-28(23,24)27-19(15(18)22)11-6-7-12(13(17)20)10(2)8-11/h8,11-12H,5-7,9H2,1-4H3,(H2,17,20)(H2,18,22)/t11-,12-/m0/s1. The first-order chi connectivity index (χ1) is 12.8. The first kappa shape index (κ1) is 23.9. The molecule has 28 heavy (non-hydrogen) atoms. The molecule has 0 saturated heterocycles. The highest BCUT2D eigenvalue weighted by molar-refractivity contribution is 7.81. The van der Waals surface area contributed by atoms with E-state index < -0.39 is 52.3 Å². The summed E-state index contributed by atoms with van der Waals surface area (Å²) in [4.78, 5) is 34.9. The van der Waals surface area contributed by atoms with Gasteiger partial charge in [-0.15, -0.1) is 4.28 Å². The number of hydroxylamine groups is 2. The predicted octanol–water partition coefficient (Wildman–Crippen LogP) is 0.360. The molecule has 0 aromatic rings. The molecule has 0 fully saturated rings. The first-order valence-corrected chi connectivity index (χ1v) is 9.96. The van der Waals surface area contributed by atoms with Crippen LogP contribution < -0.4 is 11.5 Å². The van der Waals surface area contributed by atoms with E-state index in [4.69, 9.17) is 24.7 Å². The van der Waals surface area contributed by atoms with Gasteiger partial charge in [-0.05, 0) is 40.5 Å². The minimum Gasteiger partial charge on any atom is -0.466 e. The van der Waals surface area contributed by atoms with Gasteiger partial charge >= 0.3 is 22.4 Å². The second kappa shape index (κ2) is 9.34. The van der Waals surface area contributed by atoms with E-state index in [-0.39, 0.29) is 13.0 Å². The number of hydrogen-bond donors (Lipinski definition) is 2. The Labute approximate surface area is 164 Å². The number of rotatable bonds is 9. The van der Waals surface area contributed by atoms with E-state index in [0.29, 0.717) is 17.1 Å². The van der Waals surface area contributed by atoms with Crippen LogP contribution in [0.1, 0.15) is 40.5 Å². The van der Waals surface area contributed by atoms with Gasteiger partial charge in [0.05, 0.1) is 30.6 Å². The quantitative estimate of drug-likeness (QED) is 0.305. The van der Waals surface area contributed by atoms with Crippen molar-refractivity contribution in [1.29, 1.82) is 0 Å². The van der Waals surface area contributed by atoms with E-state index in [2.05, 4.69) is 0 Å². The molecule has 0 aromatic carbocycles. The average Bonchev–Trinajstić information content (AvgIpc) is 2.58. The monoisotopic (exact) mass is 421 g/mol. The number of esters is 1. The van der Waals surface area contributed by atoms with Crippen LogP contribution in [0, 0.1) is 11.3 Å². The molecule has 0 bridgehead atoms. The van der Waals surface area contributed by atoms with Crippen molar-refractivity contribution in [3.63, 3.8) is 0 Å². The number of ether oxygens (including phenoxy) is 1. The lowest BCUT2D eigenvalue weighted by Gasteiger charge is -2.31. The maximum absolute atomic E-state index is 12.1. The number of carbonyl (C=O) groups excluding carboxylic acids is 3. The lowest BCUT2D eigenvalue weighted by molar-refractivity contribution is -0.155. The van der Waals surface area contributed by atoms with Crippen LogP contribution in [0.15, 0.2) is 11.6 Å². The zero-order valence-electron chi connectivity index (χ0n) is 16.3. The van der Waals surface area contributed by atoms with Crippen LogP contribution in [0.25, 0.3) is 0 Å². The molecule has 0 unspecified atom stereocenters. The van der Waals surface area contributed by atoms with E-state index in [1.807, 2.05) is 0 Å². The van der Waals surface area contributed by atoms with Crippen LogP contribution in [0.5, 0.6) is 0 Å². The number of amides is 3. The van der Waals surface area contributed by atoms with Gasteiger partial charge in [-0.25, -0.2) is 8.98 Å². The van der Waals surface area contributed by atoms with Crippen LogP contribution in [0.3, 0.4) is 0 Å². The lowest BCUT2D eigenvalue weighted by atomic mass is 9.86. The minimum atomic E-state index is -4.71. The van der Waals surface area contributed by atoms with Crippen molar-refractivity contribution in [2.24, 2.45) is 22.8 Å². The number of hydrogen-bond acceptors (Lipinski definition) is 8. The zero-order chi connectivity index (χ0) is 21.7. The summed E-state index contributed by atoms with van der Waals surface area (Å²) in [7, 11) is -4.71. The van der Waals surface area contributed by atoms with Crippen LogP contribution >= 0.6 is 0 Å². The molecular weight excluding hydrogens is 394 g/mol. The summed E-state index contributed by atoms with van der Waals surface area (Å²) in [6.07, 6.45) is 1.99. The maximum Gasteiger partial charge on any atom is 0.421 e. The van der Waals surface area contributed by atoms with Gasteiger partial charge in [-0.2, -0.15) is 13.5 Å². The molecule has 4 N–H and O–H groups in total. The number of carbonyl (C=O) groups is 3. The SMILES string of the molecule is CCOC(=O)C(C)(C)COS(=O)(=O)ON(C(N)=O)[C@@H]1C=C(C)[C@@H](C(N)=O)CC1. The Morgan fingerprint density at radius 1 is 1.25 bits per heavy atom. The Kier molecular flexibility index (Phi) is 7.96. The molecule has 160 valence electrons. The second-order valence-corrected chi connectivity index (χ2v) is 8.22. The summed E-state index contributed by atoms with van der Waals surface area (Å²) in [5.74, 6) is -1.68. The molecule has 2 atom stereocenters. The molecule has 0 aromatic heterocycles. The van der Waals surface area contributed by atoms with E-state index in [9.17, 15) is 22.8 Å². The van der Waals surface area contributed by atoms with Gasteiger partial charge < -0.3 is 16.2 Å². The van der Waals surface area contributed by atoms with Gasteiger partial charge in [0, 0.05) is 0 Å². The number of urea groups is 1. The molecule has 0 aliphatic heterocycles. The van der Waals surface area contributed by atoms with Crippen molar-refractivity contribution in [2.45, 2.75) is 46.6 Å². The zero-order valence-corrected chi connectivity index (χ0v) is 17.2. The summed E-state index contributed by atoms with van der Waals surface area (Å²) < 4.78 is 38.5. The maximum atomic E-state index is 12.1. The third kappa shape index (κ3) is 6.46. The van der Waals surface area contributed by atoms with Crippen LogP contribution in [0.2, 0.25) is 0 Å². The molecule has 0 saturated carbocycles. The Balaban J connectivity index is 2.87. The molecule has 3 amide bonds. The summed E-state index contributed by atoms with van der Waals surface area (Å²) in [5.41, 5.74) is 9.83. The average molecular weight is 421 g/mol. The van der Waals surface area contributed by atoms with Crippen molar-refractivity contribution in [3.05, 3.63) is 11.6 Å². The van der Waals surface area contributed by atoms with Gasteiger partial charge in [-0.1, -0.05) is 11.6 Å². The molecule has 0 heterocycles. The molecule has 12 heteroatoms. The molecule has 1 aliphatic rings. The van der Waals surface area contributed by atoms with E-state index >= 15 is 0 Å². The van der Waals surface area contributed by atoms with Crippen molar-refractivity contribution in [3.8, 4) is 0 Å². The fraction of sp³-hybridized carbons (Fsp3) is 0.688. The summed E-state index contributed by atoms with van der Waals surface area (Å²) in [6.45, 7) is 5.67. The summed E-state index contributed by atoms with van der Waals surface area (Å²) >= 11 is 0. The fourth-order valence-electron chi connectivity index (χ4n) is 2.60. The highest BCUT2D eigenvalue weighted by Gasteiger charge is 2.36. The van der Waals surface area contributed by atoms with E-state index in [1.165, 1.54) is 19.9 Å². The molecule has 1 aliphatic carbocycles. The Hall–Kier alpha value is -2.18. The van der Waals surface area contributed by atoms with E-state index in [1.54, 1.807) is 13.8 Å². The third-order valence-electron chi connectivity index (χ3n) is 4.18. The van der Waals surface area contributed by atoms with Gasteiger partial charge in [0.15, 0.2) is 0 Å². The van der Waals surface area contributed by atoms with Crippen molar-refractivity contribution < 1.29 is 36.0 Å². The molecule has 11 nitrogen and oxygen atoms in total. The topological polar surface area (TPSA) is 168 Å². The Morgan fingerprint density at radius 3 is 2.32 bits per heavy atom. The largest absolute Gasteiger partial charge is 0.466 e. The summed E-state index contributed by atoms with van der Waals surface area (Å²) in [6, 6.07) is -1.99. The van der Waals surface area contributed by atoms with Crippen LogP contribution in [-0.2, 0) is 33.2 Å². The predicted molar refractivity (Wildman–Crippen MR) is 97.3 cm³/mol. The Morgan fingerprint density at radius 2 is 1.86 bits per heavy atom. The van der Waals surface area contributed by atoms with Crippen molar-refractivity contribution in [1.82, 2.24) is 5.06 Å². The van der Waals surface area contributed by atoms with Crippen LogP contribution in [-0.4, -0.2) is 50.6 Å². The molecular formula is C16H27N3O8S. The van der Waals surface area contributed by atoms with Crippen molar-refractivity contribution in [2.75, 3.05) is 13.2 Å². The highest BCUT2D eigenvalue weighted by Crippen LogP contribution is 2.28. The fourth-order valence-corrected chi connectivity index (χ4v) is 3.46. The van der Waals surface area contributed by atoms with Gasteiger partial charge in [-0.3, -0.25) is 9.59 Å². The normalized spacial score (nSPS) is 20.2. The lowest BCUT2D eigenvalue weighted by Crippen LogP contribution is -2.46. The van der Waals surface area contributed by atoms with Gasteiger partial charge in [0.1, 0.15) is 0 Å². The Bertz CT molecular complexity index is 747. The molecule has 0 radical (unpaired) electrons. The van der Waals surface area contributed by atoms with Gasteiger partial charge in [0.25, 0.3) is 0 Å². The number of nitrogens with two attached hydrogens (primary N) is 2. The number of primary amides is 2. The minimum absolute atomic E-state index is 0.126. The van der Waals surface area contributed by atoms with E-state index in [0.717, 1.165) is 0 Å². The number of nitrogens with zero attached hydrogens (tertiary/aromatic N) is 1. The molecule has 0 spiro atoms. The first-order valence-electron chi connectivity index (χ1n) is 8.63.